The molecule has 3 heterocycles. The van der Waals surface area contributed by atoms with Gasteiger partial charge < -0.3 is 0 Å². The van der Waals surface area contributed by atoms with Gasteiger partial charge in [-0.25, -0.2) is 14.4 Å². The highest BCUT2D eigenvalue weighted by Gasteiger charge is 2.14. The molecule has 3 aromatic heterocycles. The Morgan fingerprint density at radius 1 is 1.19 bits per heavy atom. The monoisotopic (exact) mass is 364 g/mol. The predicted molar refractivity (Wildman–Crippen MR) is 98.6 cm³/mol. The van der Waals surface area contributed by atoms with Crippen LogP contribution < -0.4 is 0 Å². The fourth-order valence-corrected chi connectivity index (χ4v) is 3.39. The number of ketones is 1. The van der Waals surface area contributed by atoms with E-state index in [1.807, 2.05) is 16.0 Å². The Hall–Kier alpha value is -3.19. The van der Waals surface area contributed by atoms with Crippen molar-refractivity contribution in [1.82, 2.24) is 19.4 Å². The van der Waals surface area contributed by atoms with E-state index in [0.717, 1.165) is 16.2 Å². The first-order valence-corrected chi connectivity index (χ1v) is 8.73. The van der Waals surface area contributed by atoms with E-state index >= 15 is 0 Å². The molecule has 0 spiro atoms. The van der Waals surface area contributed by atoms with Crippen molar-refractivity contribution in [2.75, 3.05) is 0 Å². The van der Waals surface area contributed by atoms with Gasteiger partial charge in [0.1, 0.15) is 11.5 Å². The predicted octanol–water partition coefficient (Wildman–Crippen LogP) is 4.20. The molecule has 0 radical (unpaired) electrons. The number of thiazole rings is 1. The zero-order valence-electron chi connectivity index (χ0n) is 13.8. The maximum absolute atomic E-state index is 13.2. The Balaban J connectivity index is 1.77. The first kappa shape index (κ1) is 16.3. The maximum atomic E-state index is 13.2. The summed E-state index contributed by atoms with van der Waals surface area (Å²) in [4.78, 5) is 26.1. The highest BCUT2D eigenvalue weighted by atomic mass is 32.1. The van der Waals surface area contributed by atoms with E-state index in [0.29, 0.717) is 17.1 Å². The van der Waals surface area contributed by atoms with Crippen LogP contribution in [0.15, 0.2) is 54.3 Å². The number of imidazole rings is 1. The maximum Gasteiger partial charge on any atom is 0.206 e. The van der Waals surface area contributed by atoms with Crippen LogP contribution in [0.1, 0.15) is 21.9 Å². The molecule has 0 N–H and O–H groups in total. The van der Waals surface area contributed by atoms with Gasteiger partial charge in [-0.1, -0.05) is 0 Å². The van der Waals surface area contributed by atoms with Crippen molar-refractivity contribution in [2.24, 2.45) is 0 Å². The van der Waals surface area contributed by atoms with Gasteiger partial charge in [0.15, 0.2) is 4.96 Å². The van der Waals surface area contributed by atoms with Gasteiger partial charge in [-0.3, -0.25) is 14.2 Å². The number of hydrogen-bond acceptors (Lipinski definition) is 5. The molecule has 0 unspecified atom stereocenters. The third-order valence-corrected chi connectivity index (χ3v) is 4.68. The van der Waals surface area contributed by atoms with Gasteiger partial charge in [0.25, 0.3) is 0 Å². The molecule has 0 atom stereocenters. The number of aryl methyl sites for hydroxylation is 1. The number of carbonyl (C=O) groups excluding carboxylic acids is 1. The van der Waals surface area contributed by atoms with Crippen LogP contribution in [-0.2, 0) is 0 Å². The Bertz CT molecular complexity index is 1130. The SMILES string of the molecule is Cc1nccnc1C(=O)/C=C/c1c(-c2ccc(F)cc2)nc2sccn12. The Morgan fingerprint density at radius 2 is 1.96 bits per heavy atom. The smallest absolute Gasteiger partial charge is 0.206 e. The lowest BCUT2D eigenvalue weighted by atomic mass is 10.1. The van der Waals surface area contributed by atoms with Gasteiger partial charge in [0, 0.05) is 29.5 Å². The highest BCUT2D eigenvalue weighted by Crippen LogP contribution is 2.28. The number of carbonyl (C=O) groups is 1. The summed E-state index contributed by atoms with van der Waals surface area (Å²) in [7, 11) is 0. The summed E-state index contributed by atoms with van der Waals surface area (Å²) >= 11 is 1.49. The van der Waals surface area contributed by atoms with Crippen LogP contribution in [0.25, 0.3) is 22.3 Å². The molecule has 0 aliphatic heterocycles. The van der Waals surface area contributed by atoms with E-state index in [1.165, 1.54) is 35.7 Å². The summed E-state index contributed by atoms with van der Waals surface area (Å²) in [6.45, 7) is 1.74. The average molecular weight is 364 g/mol. The quantitative estimate of drug-likeness (QED) is 0.402. The Morgan fingerprint density at radius 3 is 2.73 bits per heavy atom. The number of halogens is 1. The molecule has 0 saturated heterocycles. The van der Waals surface area contributed by atoms with Crippen LogP contribution in [0.2, 0.25) is 0 Å². The summed E-state index contributed by atoms with van der Waals surface area (Å²) in [6.07, 6.45) is 8.10. The number of aromatic nitrogens is 4. The minimum atomic E-state index is -0.305. The van der Waals surface area contributed by atoms with E-state index in [9.17, 15) is 9.18 Å². The lowest BCUT2D eigenvalue weighted by Crippen LogP contribution is -2.03. The minimum absolute atomic E-state index is 0.231. The van der Waals surface area contributed by atoms with Crippen LogP contribution in [0.3, 0.4) is 0 Å². The summed E-state index contributed by atoms with van der Waals surface area (Å²) in [5.41, 5.74) is 3.12. The highest BCUT2D eigenvalue weighted by molar-refractivity contribution is 7.15. The Kier molecular flexibility index (Phi) is 4.14. The second-order valence-electron chi connectivity index (χ2n) is 5.60. The van der Waals surface area contributed by atoms with Crippen molar-refractivity contribution < 1.29 is 9.18 Å². The number of fused-ring (bicyclic) bond motifs is 1. The molecule has 7 heteroatoms. The third kappa shape index (κ3) is 2.93. The van der Waals surface area contributed by atoms with E-state index < -0.39 is 0 Å². The molecule has 128 valence electrons. The van der Waals surface area contributed by atoms with E-state index in [1.54, 1.807) is 31.3 Å². The second kappa shape index (κ2) is 6.61. The van der Waals surface area contributed by atoms with Crippen molar-refractivity contribution >= 4 is 28.2 Å². The van der Waals surface area contributed by atoms with Crippen molar-refractivity contribution in [1.29, 1.82) is 0 Å². The zero-order valence-corrected chi connectivity index (χ0v) is 14.6. The van der Waals surface area contributed by atoms with Crippen molar-refractivity contribution in [3.05, 3.63) is 77.2 Å². The fourth-order valence-electron chi connectivity index (χ4n) is 2.67. The van der Waals surface area contributed by atoms with E-state index in [4.69, 9.17) is 0 Å². The summed E-state index contributed by atoms with van der Waals surface area (Å²) < 4.78 is 15.1. The Labute approximate surface area is 152 Å². The lowest BCUT2D eigenvalue weighted by Gasteiger charge is -2.01. The molecule has 0 aliphatic rings. The van der Waals surface area contributed by atoms with Gasteiger partial charge in [-0.05, 0) is 43.3 Å². The van der Waals surface area contributed by atoms with Crippen molar-refractivity contribution in [3.8, 4) is 11.3 Å². The van der Waals surface area contributed by atoms with Crippen molar-refractivity contribution in [2.45, 2.75) is 6.92 Å². The lowest BCUT2D eigenvalue weighted by molar-refractivity contribution is 0.104. The van der Waals surface area contributed by atoms with Gasteiger partial charge in [0.2, 0.25) is 5.78 Å². The van der Waals surface area contributed by atoms with Gasteiger partial charge in [-0.2, -0.15) is 0 Å². The van der Waals surface area contributed by atoms with Crippen molar-refractivity contribution in [3.63, 3.8) is 0 Å². The molecule has 0 fully saturated rings. The zero-order chi connectivity index (χ0) is 18.1. The third-order valence-electron chi connectivity index (χ3n) is 3.92. The van der Waals surface area contributed by atoms with E-state index in [2.05, 4.69) is 15.0 Å². The first-order valence-electron chi connectivity index (χ1n) is 7.85. The summed E-state index contributed by atoms with van der Waals surface area (Å²) in [5.74, 6) is -0.536. The molecule has 4 rings (SSSR count). The van der Waals surface area contributed by atoms with Crippen LogP contribution in [-0.4, -0.2) is 25.1 Å². The number of benzene rings is 1. The second-order valence-corrected chi connectivity index (χ2v) is 6.47. The molecule has 0 amide bonds. The molecular weight excluding hydrogens is 351 g/mol. The fraction of sp³-hybridized carbons (Fsp3) is 0.0526. The molecular formula is C19H13FN4OS. The number of allylic oxidation sites excluding steroid dienone is 1. The molecule has 0 saturated carbocycles. The number of nitrogens with zero attached hydrogens (tertiary/aromatic N) is 4. The van der Waals surface area contributed by atoms with E-state index in [-0.39, 0.29) is 11.6 Å². The number of rotatable bonds is 4. The summed E-state index contributed by atoms with van der Waals surface area (Å²) in [6, 6.07) is 6.14. The molecule has 26 heavy (non-hydrogen) atoms. The van der Waals surface area contributed by atoms with Crippen LogP contribution in [0.5, 0.6) is 0 Å². The normalized spacial score (nSPS) is 11.5. The topological polar surface area (TPSA) is 60.2 Å². The van der Waals surface area contributed by atoms with Crippen LogP contribution in [0, 0.1) is 12.7 Å². The largest absolute Gasteiger partial charge is 0.290 e. The van der Waals surface area contributed by atoms with Gasteiger partial charge in [0.05, 0.1) is 17.1 Å². The van der Waals surface area contributed by atoms with Crippen LogP contribution >= 0.6 is 11.3 Å². The molecule has 4 aromatic rings. The average Bonchev–Trinajstić information content (AvgIpc) is 3.22. The van der Waals surface area contributed by atoms with Gasteiger partial charge in [-0.15, -0.1) is 11.3 Å². The standard InChI is InChI=1S/C19H13FN4OS/c1-12-17(22-9-8-21-12)16(25)7-6-15-18(13-2-4-14(20)5-3-13)23-19-24(15)10-11-26-19/h2-11H,1H3/b7-6+. The molecule has 0 bridgehead atoms. The van der Waals surface area contributed by atoms with Crippen LogP contribution in [0.4, 0.5) is 4.39 Å². The number of hydrogen-bond donors (Lipinski definition) is 0. The molecule has 5 nitrogen and oxygen atoms in total. The first-order chi connectivity index (χ1) is 12.6. The summed E-state index contributed by atoms with van der Waals surface area (Å²) in [5, 5.41) is 1.92. The minimum Gasteiger partial charge on any atom is -0.290 e. The van der Waals surface area contributed by atoms with Gasteiger partial charge >= 0.3 is 0 Å². The molecule has 0 aliphatic carbocycles. The molecule has 1 aromatic carbocycles.